The van der Waals surface area contributed by atoms with Crippen LogP contribution in [-0.4, -0.2) is 44.5 Å². The first-order valence-electron chi connectivity index (χ1n) is 13.4. The van der Waals surface area contributed by atoms with Gasteiger partial charge >= 0.3 is 6.03 Å². The van der Waals surface area contributed by atoms with Crippen molar-refractivity contribution >= 4 is 28.6 Å². The van der Waals surface area contributed by atoms with Gasteiger partial charge in [0.15, 0.2) is 0 Å². The van der Waals surface area contributed by atoms with Crippen LogP contribution in [0.5, 0.6) is 5.75 Å². The topological polar surface area (TPSA) is 109 Å². The van der Waals surface area contributed by atoms with Gasteiger partial charge in [-0.05, 0) is 62.7 Å². The number of anilines is 2. The minimum absolute atomic E-state index is 0.0960. The lowest BCUT2D eigenvalue weighted by molar-refractivity contribution is 0.167. The van der Waals surface area contributed by atoms with E-state index < -0.39 is 0 Å². The van der Waals surface area contributed by atoms with Crippen molar-refractivity contribution in [1.29, 1.82) is 0 Å². The van der Waals surface area contributed by atoms with E-state index in [0.29, 0.717) is 17.5 Å². The zero-order valence-electron chi connectivity index (χ0n) is 22.5. The van der Waals surface area contributed by atoms with Crippen LogP contribution in [0.15, 0.2) is 54.9 Å². The van der Waals surface area contributed by atoms with Crippen LogP contribution in [-0.2, 0) is 5.41 Å². The van der Waals surface area contributed by atoms with Gasteiger partial charge in [0.2, 0.25) is 0 Å². The molecule has 4 aromatic rings. The van der Waals surface area contributed by atoms with Crippen molar-refractivity contribution in [2.75, 3.05) is 17.2 Å². The standard InChI is InChI=1S/C29H37N7O2/c1-19(23-8-6-5-7-15-30-23)38-22-13-14-25-24(16-22)31-18-36(25)21-11-9-20(10-12-21)32-28(37)33-27-17-26(34-35-27)29(2,3)4/h9-14,16-19,23,30H,5-8,15H2,1-4H3,(H3,32,33,34,35,37). The van der Waals surface area contributed by atoms with Crippen molar-refractivity contribution in [1.82, 2.24) is 25.1 Å². The number of aromatic nitrogens is 4. The number of carbonyl (C=O) groups excluding carboxylic acids is 1. The number of hydrogen-bond donors (Lipinski definition) is 4. The van der Waals surface area contributed by atoms with Gasteiger partial charge in [-0.1, -0.05) is 33.6 Å². The maximum Gasteiger partial charge on any atom is 0.324 e. The summed E-state index contributed by atoms with van der Waals surface area (Å²) in [6.45, 7) is 9.41. The first kappa shape index (κ1) is 25.8. The molecule has 0 bridgehead atoms. The summed E-state index contributed by atoms with van der Waals surface area (Å²) in [7, 11) is 0. The Hall–Kier alpha value is -3.85. The van der Waals surface area contributed by atoms with Crippen LogP contribution in [0.2, 0.25) is 0 Å². The van der Waals surface area contributed by atoms with Crippen LogP contribution in [0.25, 0.3) is 16.7 Å². The quantitative estimate of drug-likeness (QED) is 0.252. The van der Waals surface area contributed by atoms with E-state index in [4.69, 9.17) is 4.74 Å². The largest absolute Gasteiger partial charge is 0.489 e. The summed E-state index contributed by atoms with van der Waals surface area (Å²) >= 11 is 0. The predicted octanol–water partition coefficient (Wildman–Crippen LogP) is 5.99. The molecule has 9 nitrogen and oxygen atoms in total. The van der Waals surface area contributed by atoms with Crippen molar-refractivity contribution in [3.05, 3.63) is 60.6 Å². The molecule has 2 unspecified atom stereocenters. The third-order valence-corrected chi connectivity index (χ3v) is 7.00. The molecule has 0 saturated carbocycles. The molecule has 38 heavy (non-hydrogen) atoms. The van der Waals surface area contributed by atoms with Crippen LogP contribution in [0.1, 0.15) is 59.1 Å². The van der Waals surface area contributed by atoms with Gasteiger partial charge in [-0.25, -0.2) is 9.78 Å². The number of imidazole rings is 1. The maximum absolute atomic E-state index is 12.5. The van der Waals surface area contributed by atoms with E-state index in [2.05, 4.69) is 58.8 Å². The second kappa shape index (κ2) is 10.9. The van der Waals surface area contributed by atoms with Gasteiger partial charge in [-0.15, -0.1) is 0 Å². The Morgan fingerprint density at radius 2 is 1.89 bits per heavy atom. The summed E-state index contributed by atoms with van der Waals surface area (Å²) in [5.41, 5.74) is 4.28. The monoisotopic (exact) mass is 515 g/mol. The van der Waals surface area contributed by atoms with Gasteiger partial charge in [-0.3, -0.25) is 15.0 Å². The summed E-state index contributed by atoms with van der Waals surface area (Å²) in [4.78, 5) is 17.1. The molecule has 1 saturated heterocycles. The number of ether oxygens (including phenoxy) is 1. The van der Waals surface area contributed by atoms with Crippen molar-refractivity contribution in [3.63, 3.8) is 0 Å². The summed E-state index contributed by atoms with van der Waals surface area (Å²) < 4.78 is 8.31. The molecule has 2 aromatic carbocycles. The fourth-order valence-corrected chi connectivity index (χ4v) is 4.78. The Bertz CT molecular complexity index is 1380. The smallest absolute Gasteiger partial charge is 0.324 e. The van der Waals surface area contributed by atoms with E-state index in [-0.39, 0.29) is 17.6 Å². The molecule has 1 aliphatic heterocycles. The number of fused-ring (bicyclic) bond motifs is 1. The van der Waals surface area contributed by atoms with Gasteiger partial charge in [0.1, 0.15) is 24.0 Å². The minimum atomic E-state index is -0.337. The molecule has 2 aromatic heterocycles. The van der Waals surface area contributed by atoms with Crippen molar-refractivity contribution < 1.29 is 9.53 Å². The third-order valence-electron chi connectivity index (χ3n) is 7.00. The molecular formula is C29H37N7O2. The number of rotatable bonds is 6. The van der Waals surface area contributed by atoms with E-state index in [1.165, 1.54) is 19.3 Å². The van der Waals surface area contributed by atoms with E-state index in [9.17, 15) is 4.79 Å². The number of nitrogens with zero attached hydrogens (tertiary/aromatic N) is 3. The Kier molecular flexibility index (Phi) is 7.37. The van der Waals surface area contributed by atoms with Crippen LogP contribution >= 0.6 is 0 Å². The molecule has 2 amide bonds. The van der Waals surface area contributed by atoms with Crippen molar-refractivity contribution in [2.24, 2.45) is 0 Å². The summed E-state index contributed by atoms with van der Waals surface area (Å²) in [6.07, 6.45) is 6.82. The van der Waals surface area contributed by atoms with Gasteiger partial charge in [0.25, 0.3) is 0 Å². The molecule has 9 heteroatoms. The second-order valence-electron chi connectivity index (χ2n) is 11.0. The zero-order valence-corrected chi connectivity index (χ0v) is 22.5. The van der Waals surface area contributed by atoms with E-state index >= 15 is 0 Å². The molecule has 2 atom stereocenters. The number of amides is 2. The number of benzene rings is 2. The minimum Gasteiger partial charge on any atom is -0.489 e. The lowest BCUT2D eigenvalue weighted by Gasteiger charge is -2.24. The van der Waals surface area contributed by atoms with Crippen LogP contribution in [0.4, 0.5) is 16.3 Å². The van der Waals surface area contributed by atoms with Gasteiger partial charge < -0.3 is 15.4 Å². The lowest BCUT2D eigenvalue weighted by atomic mass is 9.92. The highest BCUT2D eigenvalue weighted by Gasteiger charge is 2.21. The normalized spacial score (nSPS) is 17.1. The Labute approximate surface area is 223 Å². The molecule has 4 N–H and O–H groups in total. The summed E-state index contributed by atoms with van der Waals surface area (Å²) in [5, 5.41) is 16.4. The molecule has 1 fully saturated rings. The molecule has 3 heterocycles. The molecule has 0 aliphatic carbocycles. The van der Waals surface area contributed by atoms with Crippen LogP contribution in [0.3, 0.4) is 0 Å². The Morgan fingerprint density at radius 1 is 1.08 bits per heavy atom. The molecule has 200 valence electrons. The number of urea groups is 1. The SMILES string of the molecule is CC(Oc1ccc2c(c1)ncn2-c1ccc(NC(=O)Nc2cc(C(C)(C)C)n[nH]2)cc1)C1CCCCCN1. The fraction of sp³-hybridized carbons (Fsp3) is 0.414. The first-order chi connectivity index (χ1) is 18.3. The maximum atomic E-state index is 12.5. The number of nitrogens with one attached hydrogen (secondary N) is 4. The number of hydrogen-bond acceptors (Lipinski definition) is 5. The second-order valence-corrected chi connectivity index (χ2v) is 11.0. The van der Waals surface area contributed by atoms with Crippen molar-refractivity contribution in [2.45, 2.75) is 70.9 Å². The summed E-state index contributed by atoms with van der Waals surface area (Å²) in [6, 6.07) is 15.6. The summed E-state index contributed by atoms with van der Waals surface area (Å²) in [5.74, 6) is 1.39. The number of aromatic amines is 1. The molecule has 0 radical (unpaired) electrons. The predicted molar refractivity (Wildman–Crippen MR) is 151 cm³/mol. The zero-order chi connectivity index (χ0) is 26.7. The van der Waals surface area contributed by atoms with Crippen LogP contribution < -0.4 is 20.7 Å². The first-order valence-corrected chi connectivity index (χ1v) is 13.4. The highest BCUT2D eigenvalue weighted by atomic mass is 16.5. The van der Waals surface area contributed by atoms with Gasteiger partial charge in [0.05, 0.1) is 16.7 Å². The van der Waals surface area contributed by atoms with Crippen LogP contribution in [0, 0.1) is 0 Å². The highest BCUT2D eigenvalue weighted by Crippen LogP contribution is 2.26. The van der Waals surface area contributed by atoms with Crippen molar-refractivity contribution in [3.8, 4) is 11.4 Å². The van der Waals surface area contributed by atoms with E-state index in [1.54, 1.807) is 0 Å². The Morgan fingerprint density at radius 3 is 2.66 bits per heavy atom. The fourth-order valence-electron chi connectivity index (χ4n) is 4.78. The third kappa shape index (κ3) is 5.99. The molecule has 1 aliphatic rings. The highest BCUT2D eigenvalue weighted by molar-refractivity contribution is 5.99. The van der Waals surface area contributed by atoms with Gasteiger partial charge in [0, 0.05) is 35.0 Å². The molecular weight excluding hydrogens is 478 g/mol. The van der Waals surface area contributed by atoms with Gasteiger partial charge in [-0.2, -0.15) is 5.10 Å². The lowest BCUT2D eigenvalue weighted by Crippen LogP contribution is -2.40. The van der Waals surface area contributed by atoms with E-state index in [0.717, 1.165) is 41.1 Å². The number of carbonyl (C=O) groups is 1. The Balaban J connectivity index is 1.22. The average molecular weight is 516 g/mol. The number of H-pyrrole nitrogens is 1. The molecule has 0 spiro atoms. The molecule has 5 rings (SSSR count). The van der Waals surface area contributed by atoms with E-state index in [1.807, 2.05) is 59.4 Å². The average Bonchev–Trinajstić information content (AvgIpc) is 3.43.